The Morgan fingerprint density at radius 1 is 1.19 bits per heavy atom. The summed E-state index contributed by atoms with van der Waals surface area (Å²) in [4.78, 5) is 16.5. The van der Waals surface area contributed by atoms with E-state index in [4.69, 9.17) is 0 Å². The number of anilines is 2. The Hall–Kier alpha value is -3.75. The van der Waals surface area contributed by atoms with Gasteiger partial charge in [-0.3, -0.25) is 15.7 Å². The summed E-state index contributed by atoms with van der Waals surface area (Å²) in [6.07, 6.45) is 3.30. The highest BCUT2D eigenvalue weighted by Crippen LogP contribution is 2.22. The maximum Gasteiger partial charge on any atom is 0.326 e. The van der Waals surface area contributed by atoms with E-state index in [1.165, 1.54) is 0 Å². The summed E-state index contributed by atoms with van der Waals surface area (Å²) in [7, 11) is 0. The Morgan fingerprint density at radius 3 is 2.89 bits per heavy atom. The van der Waals surface area contributed by atoms with Gasteiger partial charge in [-0.2, -0.15) is 5.10 Å². The molecular weight excluding hydrogens is 344 g/mol. The number of para-hydroxylation sites is 1. The normalized spacial score (nSPS) is 11.1. The molecule has 3 N–H and O–H groups in total. The van der Waals surface area contributed by atoms with Gasteiger partial charge in [0.2, 0.25) is 0 Å². The summed E-state index contributed by atoms with van der Waals surface area (Å²) in [5.41, 5.74) is 1.66. The number of H-pyrrole nitrogens is 1. The number of hydrogen-bond acceptors (Lipinski definition) is 5. The molecule has 0 spiro atoms. The third kappa shape index (κ3) is 3.34. The number of rotatable bonds is 4. The first kappa shape index (κ1) is 16.7. The minimum Gasteiger partial charge on any atom is -0.311 e. The van der Waals surface area contributed by atoms with Crippen molar-refractivity contribution >= 4 is 28.6 Å². The number of hydrogen-bond donors (Lipinski definition) is 3. The molecule has 4 rings (SSSR count). The van der Waals surface area contributed by atoms with Crippen LogP contribution in [-0.2, 0) is 0 Å². The Labute approximate surface area is 154 Å². The molecule has 0 bridgehead atoms. The van der Waals surface area contributed by atoms with Gasteiger partial charge in [0, 0.05) is 23.2 Å². The predicted octanol–water partition coefficient (Wildman–Crippen LogP) is 3.44. The fourth-order valence-corrected chi connectivity index (χ4v) is 2.78. The van der Waals surface area contributed by atoms with E-state index in [1.54, 1.807) is 18.6 Å². The van der Waals surface area contributed by atoms with Crippen molar-refractivity contribution in [2.24, 2.45) is 0 Å². The number of benzene rings is 1. The summed E-state index contributed by atoms with van der Waals surface area (Å²) in [5, 5.41) is 21.4. The van der Waals surface area contributed by atoms with E-state index in [2.05, 4.69) is 49.9 Å². The zero-order chi connectivity index (χ0) is 18.8. The van der Waals surface area contributed by atoms with Gasteiger partial charge < -0.3 is 4.57 Å². The van der Waals surface area contributed by atoms with Crippen LogP contribution in [0.5, 0.6) is 0 Å². The summed E-state index contributed by atoms with van der Waals surface area (Å²) >= 11 is 0. The summed E-state index contributed by atoms with van der Waals surface area (Å²) in [6.45, 7) is 4.10. The van der Waals surface area contributed by atoms with Crippen molar-refractivity contribution in [1.29, 1.82) is 0 Å². The fourth-order valence-electron chi connectivity index (χ4n) is 2.78. The minimum atomic E-state index is -0.428. The first-order chi connectivity index (χ1) is 13.1. The Kier molecular flexibility index (Phi) is 4.25. The van der Waals surface area contributed by atoms with Crippen LogP contribution in [0.1, 0.15) is 19.9 Å². The first-order valence-electron chi connectivity index (χ1n) is 8.49. The molecule has 0 saturated heterocycles. The Bertz CT molecular complexity index is 1100. The highest BCUT2D eigenvalue weighted by molar-refractivity contribution is 6.04. The zero-order valence-corrected chi connectivity index (χ0v) is 14.8. The molecule has 0 atom stereocenters. The van der Waals surface area contributed by atoms with E-state index in [0.717, 1.165) is 16.5 Å². The van der Waals surface area contributed by atoms with Crippen molar-refractivity contribution in [2.45, 2.75) is 19.9 Å². The van der Waals surface area contributed by atoms with Crippen molar-refractivity contribution in [3.8, 4) is 11.4 Å². The molecule has 0 aliphatic heterocycles. The molecule has 3 heterocycles. The van der Waals surface area contributed by atoms with Crippen molar-refractivity contribution in [1.82, 2.24) is 29.9 Å². The minimum absolute atomic E-state index is 0.218. The molecule has 0 radical (unpaired) electrons. The van der Waals surface area contributed by atoms with Gasteiger partial charge in [0.05, 0.1) is 5.52 Å². The Balaban J connectivity index is 1.53. The van der Waals surface area contributed by atoms with Crippen LogP contribution in [-0.4, -0.2) is 36.0 Å². The third-order valence-corrected chi connectivity index (χ3v) is 4.09. The van der Waals surface area contributed by atoms with Crippen molar-refractivity contribution in [2.75, 3.05) is 10.6 Å². The van der Waals surface area contributed by atoms with Crippen LogP contribution in [0.15, 0.2) is 48.9 Å². The second-order valence-electron chi connectivity index (χ2n) is 6.28. The lowest BCUT2D eigenvalue weighted by atomic mass is 10.2. The molecule has 0 unspecified atom stereocenters. The third-order valence-electron chi connectivity index (χ3n) is 4.09. The van der Waals surface area contributed by atoms with Gasteiger partial charge in [-0.25, -0.2) is 9.78 Å². The van der Waals surface area contributed by atoms with Gasteiger partial charge in [-0.05, 0) is 38.1 Å². The Morgan fingerprint density at radius 2 is 2.04 bits per heavy atom. The number of aromatic nitrogens is 6. The van der Waals surface area contributed by atoms with Crippen LogP contribution in [0, 0.1) is 0 Å². The highest BCUT2D eigenvalue weighted by Gasteiger charge is 2.13. The molecule has 0 aliphatic rings. The molecular formula is C18H18N8O. The van der Waals surface area contributed by atoms with Gasteiger partial charge in [-0.1, -0.05) is 12.1 Å². The highest BCUT2D eigenvalue weighted by atomic mass is 16.2. The number of pyridine rings is 1. The summed E-state index contributed by atoms with van der Waals surface area (Å²) in [5.74, 6) is 1.58. The topological polar surface area (TPSA) is 113 Å². The quantitative estimate of drug-likeness (QED) is 0.515. The smallest absolute Gasteiger partial charge is 0.311 e. The second kappa shape index (κ2) is 6.87. The number of nitrogens with zero attached hydrogens (tertiary/aromatic N) is 5. The number of carbonyl (C=O) groups excluding carboxylic acids is 1. The SMILES string of the molecule is CC(C)n1cnnc1-c1ccnc(NC(=O)Nc2n[nH]c3ccccc23)c1. The fraction of sp³-hybridized carbons (Fsp3) is 0.167. The lowest BCUT2D eigenvalue weighted by molar-refractivity contribution is 0.262. The standard InChI is InChI=1S/C18H18N8O/c1-11(2)26-10-20-25-17(26)12-7-8-19-15(9-12)21-18(27)22-16-13-5-3-4-6-14(13)23-24-16/h3-11H,1-2H3,(H3,19,21,22,23,24,27). The molecule has 4 aromatic rings. The molecule has 3 aromatic heterocycles. The van der Waals surface area contributed by atoms with Crippen LogP contribution in [0.2, 0.25) is 0 Å². The molecule has 9 heteroatoms. The maximum atomic E-state index is 12.3. The molecule has 0 aliphatic carbocycles. The average molecular weight is 362 g/mol. The number of carbonyl (C=O) groups is 1. The number of fused-ring (bicyclic) bond motifs is 1. The van der Waals surface area contributed by atoms with E-state index in [9.17, 15) is 4.79 Å². The van der Waals surface area contributed by atoms with Crippen LogP contribution in [0.3, 0.4) is 0 Å². The van der Waals surface area contributed by atoms with E-state index >= 15 is 0 Å². The molecule has 0 saturated carbocycles. The zero-order valence-electron chi connectivity index (χ0n) is 14.8. The maximum absolute atomic E-state index is 12.3. The van der Waals surface area contributed by atoms with E-state index in [-0.39, 0.29) is 6.04 Å². The lowest BCUT2D eigenvalue weighted by Gasteiger charge is -2.11. The number of aromatic amines is 1. The van der Waals surface area contributed by atoms with Crippen LogP contribution >= 0.6 is 0 Å². The van der Waals surface area contributed by atoms with E-state index in [0.29, 0.717) is 17.5 Å². The van der Waals surface area contributed by atoms with Crippen LogP contribution in [0.25, 0.3) is 22.3 Å². The van der Waals surface area contributed by atoms with Crippen molar-refractivity contribution in [3.63, 3.8) is 0 Å². The van der Waals surface area contributed by atoms with Gasteiger partial charge >= 0.3 is 6.03 Å². The van der Waals surface area contributed by atoms with Gasteiger partial charge in [0.15, 0.2) is 11.6 Å². The van der Waals surface area contributed by atoms with Crippen LogP contribution in [0.4, 0.5) is 16.4 Å². The first-order valence-corrected chi connectivity index (χ1v) is 8.49. The van der Waals surface area contributed by atoms with Crippen LogP contribution < -0.4 is 10.6 Å². The van der Waals surface area contributed by atoms with E-state index < -0.39 is 6.03 Å². The van der Waals surface area contributed by atoms with E-state index in [1.807, 2.05) is 34.9 Å². The number of urea groups is 1. The predicted molar refractivity (Wildman–Crippen MR) is 102 cm³/mol. The number of nitrogens with one attached hydrogen (secondary N) is 3. The average Bonchev–Trinajstić information content (AvgIpc) is 3.30. The molecule has 9 nitrogen and oxygen atoms in total. The van der Waals surface area contributed by atoms with Crippen molar-refractivity contribution in [3.05, 3.63) is 48.9 Å². The second-order valence-corrected chi connectivity index (χ2v) is 6.28. The van der Waals surface area contributed by atoms with Gasteiger partial charge in [0.1, 0.15) is 12.1 Å². The molecule has 0 fully saturated rings. The molecule has 136 valence electrons. The monoisotopic (exact) mass is 362 g/mol. The summed E-state index contributed by atoms with van der Waals surface area (Å²) in [6, 6.07) is 10.9. The lowest BCUT2D eigenvalue weighted by Crippen LogP contribution is -2.20. The van der Waals surface area contributed by atoms with Gasteiger partial charge in [0.25, 0.3) is 0 Å². The van der Waals surface area contributed by atoms with Crippen molar-refractivity contribution < 1.29 is 4.79 Å². The largest absolute Gasteiger partial charge is 0.326 e. The summed E-state index contributed by atoms with van der Waals surface area (Å²) < 4.78 is 1.95. The molecule has 27 heavy (non-hydrogen) atoms. The van der Waals surface area contributed by atoms with Gasteiger partial charge in [-0.15, -0.1) is 10.2 Å². The molecule has 2 amide bonds. The number of amides is 2. The molecule has 1 aromatic carbocycles.